The van der Waals surface area contributed by atoms with E-state index < -0.39 is 23.9 Å². The van der Waals surface area contributed by atoms with E-state index >= 15 is 0 Å². The molecule has 0 N–H and O–H groups in total. The van der Waals surface area contributed by atoms with Gasteiger partial charge >= 0.3 is 0 Å². The predicted molar refractivity (Wildman–Crippen MR) is 98.9 cm³/mol. The first-order chi connectivity index (χ1) is 13.0. The molecule has 2 aromatic carbocycles. The van der Waals surface area contributed by atoms with Gasteiger partial charge in [0.1, 0.15) is 11.8 Å². The Hall–Kier alpha value is -3.02. The summed E-state index contributed by atoms with van der Waals surface area (Å²) in [5, 5.41) is 12.0. The number of amides is 1. The van der Waals surface area contributed by atoms with Gasteiger partial charge in [-0.25, -0.2) is 0 Å². The van der Waals surface area contributed by atoms with Crippen LogP contribution < -0.4 is 0 Å². The van der Waals surface area contributed by atoms with E-state index in [9.17, 15) is 19.7 Å². The van der Waals surface area contributed by atoms with Crippen molar-refractivity contribution in [3.05, 3.63) is 81.9 Å². The maximum atomic E-state index is 13.1. The number of piperidine rings is 2. The fourth-order valence-corrected chi connectivity index (χ4v) is 4.84. The van der Waals surface area contributed by atoms with Crippen molar-refractivity contribution in [3.63, 3.8) is 0 Å². The Morgan fingerprint density at radius 1 is 1.04 bits per heavy atom. The lowest BCUT2D eigenvalue weighted by atomic mass is 9.62. The number of nitro groups is 1. The number of carbonyl (C=O) groups is 2. The Morgan fingerprint density at radius 3 is 2.22 bits per heavy atom. The van der Waals surface area contributed by atoms with Crippen LogP contribution in [0, 0.1) is 16.0 Å². The van der Waals surface area contributed by atoms with Crippen LogP contribution >= 0.6 is 0 Å². The highest BCUT2D eigenvalue weighted by Crippen LogP contribution is 2.48. The molecule has 2 saturated heterocycles. The molecule has 3 fully saturated rings. The highest BCUT2D eigenvalue weighted by molar-refractivity contribution is 5.97. The number of hydrogen-bond acceptors (Lipinski definition) is 4. The molecule has 5 rings (SSSR count). The van der Waals surface area contributed by atoms with Crippen LogP contribution in [-0.2, 0) is 4.79 Å². The lowest BCUT2D eigenvalue weighted by Crippen LogP contribution is -2.69. The van der Waals surface area contributed by atoms with Gasteiger partial charge in [0.05, 0.1) is 11.8 Å². The third-order valence-corrected chi connectivity index (χ3v) is 5.93. The van der Waals surface area contributed by atoms with Crippen molar-refractivity contribution in [2.24, 2.45) is 5.92 Å². The van der Waals surface area contributed by atoms with Crippen molar-refractivity contribution < 1.29 is 14.5 Å². The molecule has 2 bridgehead atoms. The Labute approximate surface area is 156 Å². The molecular weight excluding hydrogens is 344 g/mol. The SMILES string of the molecule is CC1C2C(=O)CC(C([N+](=O)[O-])C2c2ccccc2)N1C(=O)c1ccccc1. The molecule has 0 aromatic heterocycles. The zero-order valence-electron chi connectivity index (χ0n) is 14.9. The average Bonchev–Trinajstić information content (AvgIpc) is 2.68. The molecule has 2 heterocycles. The second-order valence-electron chi connectivity index (χ2n) is 7.30. The number of fused-ring (bicyclic) bond motifs is 3. The van der Waals surface area contributed by atoms with E-state index in [1.165, 1.54) is 0 Å². The zero-order valence-corrected chi connectivity index (χ0v) is 14.9. The van der Waals surface area contributed by atoms with Gasteiger partial charge in [0.2, 0.25) is 6.04 Å². The first kappa shape index (κ1) is 17.4. The summed E-state index contributed by atoms with van der Waals surface area (Å²) in [7, 11) is 0. The summed E-state index contributed by atoms with van der Waals surface area (Å²) in [6.45, 7) is 1.83. The molecule has 1 saturated carbocycles. The topological polar surface area (TPSA) is 80.5 Å². The predicted octanol–water partition coefficient (Wildman–Crippen LogP) is 2.92. The van der Waals surface area contributed by atoms with Crippen LogP contribution in [0.3, 0.4) is 0 Å². The van der Waals surface area contributed by atoms with Crippen LogP contribution in [0.4, 0.5) is 0 Å². The van der Waals surface area contributed by atoms with Crippen LogP contribution in [0.15, 0.2) is 60.7 Å². The zero-order chi connectivity index (χ0) is 19.1. The largest absolute Gasteiger partial charge is 0.325 e. The summed E-state index contributed by atoms with van der Waals surface area (Å²) in [5.41, 5.74) is 1.28. The maximum Gasteiger partial charge on any atom is 0.254 e. The molecule has 0 radical (unpaired) electrons. The van der Waals surface area contributed by atoms with E-state index in [2.05, 4.69) is 0 Å². The standard InChI is InChI=1S/C21H20N2O4/c1-13-18-17(24)12-16(22(13)21(25)15-10-6-3-7-11-15)20(23(26)27)19(18)14-8-4-2-5-9-14/h2-11,13,16,18-20H,12H2,1H3. The van der Waals surface area contributed by atoms with Crippen LogP contribution in [0.1, 0.15) is 35.2 Å². The van der Waals surface area contributed by atoms with Gasteiger partial charge in [-0.2, -0.15) is 0 Å². The normalized spacial score (nSPS) is 29.6. The van der Waals surface area contributed by atoms with Gasteiger partial charge in [-0.3, -0.25) is 19.7 Å². The smallest absolute Gasteiger partial charge is 0.254 e. The summed E-state index contributed by atoms with van der Waals surface area (Å²) in [6.07, 6.45) is 0.0442. The Kier molecular flexibility index (Phi) is 4.26. The van der Waals surface area contributed by atoms with Crippen molar-refractivity contribution in [3.8, 4) is 0 Å². The molecule has 2 aliphatic heterocycles. The van der Waals surface area contributed by atoms with Gasteiger partial charge in [-0.1, -0.05) is 48.5 Å². The molecule has 1 amide bonds. The molecule has 138 valence electrons. The van der Waals surface area contributed by atoms with Gasteiger partial charge < -0.3 is 4.90 Å². The Balaban J connectivity index is 1.79. The fraction of sp³-hybridized carbons (Fsp3) is 0.333. The van der Waals surface area contributed by atoms with E-state index in [4.69, 9.17) is 0 Å². The Morgan fingerprint density at radius 2 is 1.63 bits per heavy atom. The van der Waals surface area contributed by atoms with Gasteiger partial charge in [-0.15, -0.1) is 0 Å². The summed E-state index contributed by atoms with van der Waals surface area (Å²) >= 11 is 0. The van der Waals surface area contributed by atoms with Crippen molar-refractivity contribution in [2.45, 2.75) is 37.4 Å². The van der Waals surface area contributed by atoms with Crippen LogP contribution in [0.5, 0.6) is 0 Å². The summed E-state index contributed by atoms with van der Waals surface area (Å²) in [4.78, 5) is 39.1. The molecule has 6 nitrogen and oxygen atoms in total. The second kappa shape index (κ2) is 6.61. The molecule has 0 spiro atoms. The number of ketones is 1. The summed E-state index contributed by atoms with van der Waals surface area (Å²) in [5.74, 6) is -1.32. The van der Waals surface area contributed by atoms with Crippen LogP contribution in [-0.4, -0.2) is 39.6 Å². The first-order valence-corrected chi connectivity index (χ1v) is 9.09. The van der Waals surface area contributed by atoms with Crippen molar-refractivity contribution in [2.75, 3.05) is 0 Å². The monoisotopic (exact) mass is 364 g/mol. The summed E-state index contributed by atoms with van der Waals surface area (Å²) < 4.78 is 0. The van der Waals surface area contributed by atoms with Crippen LogP contribution in [0.2, 0.25) is 0 Å². The number of rotatable bonds is 3. The maximum absolute atomic E-state index is 13.1. The molecule has 3 aliphatic rings. The molecule has 1 aliphatic carbocycles. The van der Waals surface area contributed by atoms with Gasteiger partial charge in [0.25, 0.3) is 5.91 Å². The molecule has 6 heteroatoms. The molecule has 5 atom stereocenters. The van der Waals surface area contributed by atoms with Crippen molar-refractivity contribution >= 4 is 11.7 Å². The van der Waals surface area contributed by atoms with Gasteiger partial charge in [-0.05, 0) is 24.6 Å². The highest BCUT2D eigenvalue weighted by Gasteiger charge is 2.62. The molecule has 2 aromatic rings. The number of Topliss-reactive ketones (excluding diaryl/α,β-unsaturated/α-hetero) is 1. The fourth-order valence-electron chi connectivity index (χ4n) is 4.84. The first-order valence-electron chi connectivity index (χ1n) is 9.09. The van der Waals surface area contributed by atoms with Gasteiger partial charge in [0, 0.05) is 22.9 Å². The highest BCUT2D eigenvalue weighted by atomic mass is 16.6. The third-order valence-electron chi connectivity index (χ3n) is 5.93. The van der Waals surface area contributed by atoms with E-state index in [1.54, 1.807) is 29.2 Å². The van der Waals surface area contributed by atoms with Crippen LogP contribution in [0.25, 0.3) is 0 Å². The van der Waals surface area contributed by atoms with Crippen molar-refractivity contribution in [1.82, 2.24) is 4.90 Å². The number of hydrogen-bond donors (Lipinski definition) is 0. The van der Waals surface area contributed by atoms with Gasteiger partial charge in [0.15, 0.2) is 0 Å². The van der Waals surface area contributed by atoms with E-state index in [-0.39, 0.29) is 29.1 Å². The number of nitrogens with zero attached hydrogens (tertiary/aromatic N) is 2. The molecule has 5 unspecified atom stereocenters. The average molecular weight is 364 g/mol. The lowest BCUT2D eigenvalue weighted by molar-refractivity contribution is -0.541. The third kappa shape index (κ3) is 2.72. The van der Waals surface area contributed by atoms with E-state index in [1.807, 2.05) is 43.3 Å². The van der Waals surface area contributed by atoms with E-state index in [0.717, 1.165) is 5.56 Å². The lowest BCUT2D eigenvalue weighted by Gasteiger charge is -2.53. The quantitative estimate of drug-likeness (QED) is 0.619. The second-order valence-corrected chi connectivity index (χ2v) is 7.30. The minimum atomic E-state index is -0.987. The molecular formula is C21H20N2O4. The number of carbonyl (C=O) groups excluding carboxylic acids is 2. The number of benzene rings is 2. The minimum absolute atomic E-state index is 0.0107. The minimum Gasteiger partial charge on any atom is -0.325 e. The summed E-state index contributed by atoms with van der Waals surface area (Å²) in [6, 6.07) is 15.8. The van der Waals surface area contributed by atoms with Crippen molar-refractivity contribution in [1.29, 1.82) is 0 Å². The molecule has 27 heavy (non-hydrogen) atoms. The van der Waals surface area contributed by atoms with E-state index in [0.29, 0.717) is 5.56 Å². The Bertz CT molecular complexity index is 878.